The van der Waals surface area contributed by atoms with Crippen molar-refractivity contribution in [1.29, 1.82) is 0 Å². The number of ether oxygens (including phenoxy) is 2. The van der Waals surface area contributed by atoms with Gasteiger partial charge in [0.2, 0.25) is 5.91 Å². The number of amides is 2. The number of nitrogens with zero attached hydrogens (tertiary/aromatic N) is 3. The van der Waals surface area contributed by atoms with Gasteiger partial charge in [0.05, 0.1) is 11.0 Å². The molecule has 1 atom stereocenters. The highest BCUT2D eigenvalue weighted by atomic mass is 32.2. The third kappa shape index (κ3) is 5.27. The highest BCUT2D eigenvalue weighted by Gasteiger charge is 2.43. The fourth-order valence-electron chi connectivity index (χ4n) is 4.23. The molecule has 1 aromatic heterocycles. The second-order valence-corrected chi connectivity index (χ2v) is 10.9. The first-order valence-electron chi connectivity index (χ1n) is 11.9. The summed E-state index contributed by atoms with van der Waals surface area (Å²) in [6.45, 7) is 2.08. The summed E-state index contributed by atoms with van der Waals surface area (Å²) >= 11 is 1.04. The Balaban J connectivity index is 1.25. The molecule has 3 aromatic carbocycles. The average Bonchev–Trinajstić information content (AvgIpc) is 3.32. The minimum absolute atomic E-state index is 0.250. The summed E-state index contributed by atoms with van der Waals surface area (Å²) in [6.07, 6.45) is 0.462. The van der Waals surface area contributed by atoms with Crippen molar-refractivity contribution in [2.24, 2.45) is 7.05 Å². The van der Waals surface area contributed by atoms with Gasteiger partial charge in [-0.25, -0.2) is 4.98 Å². The van der Waals surface area contributed by atoms with Gasteiger partial charge in [-0.3, -0.25) is 14.9 Å². The lowest BCUT2D eigenvalue weighted by atomic mass is 9.99. The number of rotatable bonds is 8. The lowest BCUT2D eigenvalue weighted by Crippen LogP contribution is -2.35. The lowest BCUT2D eigenvalue weighted by Gasteiger charge is -2.18. The van der Waals surface area contributed by atoms with E-state index in [4.69, 9.17) is 14.5 Å². The Bertz CT molecular complexity index is 1480. The van der Waals surface area contributed by atoms with Crippen molar-refractivity contribution >= 4 is 39.6 Å². The van der Waals surface area contributed by atoms with E-state index in [1.807, 2.05) is 97.3 Å². The van der Waals surface area contributed by atoms with E-state index in [0.29, 0.717) is 18.8 Å². The molecule has 2 heterocycles. The van der Waals surface area contributed by atoms with Crippen LogP contribution in [-0.4, -0.2) is 39.5 Å². The van der Waals surface area contributed by atoms with E-state index in [2.05, 4.69) is 5.32 Å². The van der Waals surface area contributed by atoms with Crippen LogP contribution in [0.5, 0.6) is 17.2 Å². The van der Waals surface area contributed by atoms with Gasteiger partial charge in [-0.05, 0) is 67.1 Å². The monoisotopic (exact) mass is 516 g/mol. The molecule has 0 bridgehead atoms. The Morgan fingerprint density at radius 2 is 1.73 bits per heavy atom. The van der Waals surface area contributed by atoms with Gasteiger partial charge in [-0.1, -0.05) is 18.2 Å². The first-order valence-corrected chi connectivity index (χ1v) is 12.7. The van der Waals surface area contributed by atoms with Gasteiger partial charge in [0.25, 0.3) is 5.24 Å². The number of carbonyl (C=O) groups excluding carboxylic acids is 2. The van der Waals surface area contributed by atoms with Crippen LogP contribution in [0.3, 0.4) is 0 Å². The second kappa shape index (κ2) is 9.82. The number of nitrogens with one attached hydrogen (secondary N) is 1. The molecule has 190 valence electrons. The first kappa shape index (κ1) is 24.7. The highest BCUT2D eigenvalue weighted by molar-refractivity contribution is 8.16. The van der Waals surface area contributed by atoms with Crippen LogP contribution < -0.4 is 19.7 Å². The molecule has 2 amide bonds. The summed E-state index contributed by atoms with van der Waals surface area (Å²) < 4.78 is 13.3. The van der Waals surface area contributed by atoms with Crippen molar-refractivity contribution < 1.29 is 19.1 Å². The van der Waals surface area contributed by atoms with Gasteiger partial charge in [-0.2, -0.15) is 0 Å². The van der Waals surface area contributed by atoms with Gasteiger partial charge in [0.1, 0.15) is 34.4 Å². The zero-order valence-electron chi connectivity index (χ0n) is 21.1. The van der Waals surface area contributed by atoms with Gasteiger partial charge in [-0.15, -0.1) is 0 Å². The maximum atomic E-state index is 12.1. The fraction of sp³-hybridized carbons (Fsp3) is 0.250. The van der Waals surface area contributed by atoms with E-state index in [9.17, 15) is 9.59 Å². The molecule has 0 saturated carbocycles. The SMILES string of the molecule is CN(C)c1cccc(Oc2ccc3nc(COc4ccc(C[C@]5(C)SC(=O)NC5=O)cc4)n(C)c3c2)c1. The molecule has 1 aliphatic heterocycles. The van der Waals surface area contributed by atoms with Crippen LogP contribution in [0.15, 0.2) is 66.7 Å². The number of aryl methyl sites for hydroxylation is 1. The molecule has 1 N–H and O–H groups in total. The summed E-state index contributed by atoms with van der Waals surface area (Å²) in [7, 11) is 5.95. The van der Waals surface area contributed by atoms with E-state index in [0.717, 1.165) is 51.4 Å². The molecule has 4 aromatic rings. The van der Waals surface area contributed by atoms with E-state index >= 15 is 0 Å². The van der Waals surface area contributed by atoms with Crippen LogP contribution in [0.4, 0.5) is 10.5 Å². The van der Waals surface area contributed by atoms with E-state index < -0.39 is 4.75 Å². The topological polar surface area (TPSA) is 85.7 Å². The predicted octanol–water partition coefficient (Wildman–Crippen LogP) is 5.29. The molecule has 0 aliphatic carbocycles. The third-order valence-corrected chi connectivity index (χ3v) is 7.43. The summed E-state index contributed by atoms with van der Waals surface area (Å²) in [6, 6.07) is 21.4. The van der Waals surface area contributed by atoms with Gasteiger partial charge < -0.3 is 18.9 Å². The van der Waals surface area contributed by atoms with Crippen LogP contribution in [0.1, 0.15) is 18.3 Å². The van der Waals surface area contributed by atoms with Crippen LogP contribution in [0, 0.1) is 0 Å². The minimum Gasteiger partial charge on any atom is -0.486 e. The zero-order chi connectivity index (χ0) is 26.2. The maximum Gasteiger partial charge on any atom is 0.286 e. The number of imide groups is 1. The second-order valence-electron chi connectivity index (χ2n) is 9.42. The van der Waals surface area contributed by atoms with Crippen LogP contribution >= 0.6 is 11.8 Å². The Hall–Kier alpha value is -3.98. The van der Waals surface area contributed by atoms with E-state index in [-0.39, 0.29) is 11.1 Å². The summed E-state index contributed by atoms with van der Waals surface area (Å²) in [4.78, 5) is 30.4. The van der Waals surface area contributed by atoms with Crippen molar-refractivity contribution in [2.45, 2.75) is 24.7 Å². The largest absolute Gasteiger partial charge is 0.486 e. The van der Waals surface area contributed by atoms with Crippen LogP contribution in [-0.2, 0) is 24.9 Å². The number of fused-ring (bicyclic) bond motifs is 1. The molecule has 5 rings (SSSR count). The molecule has 9 heteroatoms. The summed E-state index contributed by atoms with van der Waals surface area (Å²) in [5, 5.41) is 2.06. The van der Waals surface area contributed by atoms with Crippen molar-refractivity contribution in [3.8, 4) is 17.2 Å². The van der Waals surface area contributed by atoms with Gasteiger partial charge in [0.15, 0.2) is 0 Å². The number of thioether (sulfide) groups is 1. The number of hydrogen-bond acceptors (Lipinski definition) is 7. The minimum atomic E-state index is -0.787. The molecule has 1 saturated heterocycles. The number of hydrogen-bond donors (Lipinski definition) is 1. The quantitative estimate of drug-likeness (QED) is 0.340. The van der Waals surface area contributed by atoms with Crippen LogP contribution in [0.2, 0.25) is 0 Å². The van der Waals surface area contributed by atoms with Crippen LogP contribution in [0.25, 0.3) is 11.0 Å². The summed E-state index contributed by atoms with van der Waals surface area (Å²) in [5.74, 6) is 2.74. The number of imidazole rings is 1. The first-order chi connectivity index (χ1) is 17.7. The Morgan fingerprint density at radius 3 is 2.43 bits per heavy atom. The number of benzene rings is 3. The molecule has 1 fully saturated rings. The van der Waals surface area contributed by atoms with Gasteiger partial charge >= 0.3 is 0 Å². The fourth-order valence-corrected chi connectivity index (χ4v) is 5.17. The molecule has 37 heavy (non-hydrogen) atoms. The third-order valence-electron chi connectivity index (χ3n) is 6.36. The maximum absolute atomic E-state index is 12.1. The van der Waals surface area contributed by atoms with E-state index in [1.54, 1.807) is 6.92 Å². The smallest absolute Gasteiger partial charge is 0.286 e. The van der Waals surface area contributed by atoms with Gasteiger partial charge in [0, 0.05) is 39.0 Å². The van der Waals surface area contributed by atoms with Crippen molar-refractivity contribution in [2.75, 3.05) is 19.0 Å². The molecule has 0 radical (unpaired) electrons. The normalized spacial score (nSPS) is 17.2. The van der Waals surface area contributed by atoms with Crippen molar-refractivity contribution in [1.82, 2.24) is 14.9 Å². The Kier molecular flexibility index (Phi) is 6.55. The molecule has 8 nitrogen and oxygen atoms in total. The standard InChI is InChI=1S/C28H28N4O4S/c1-28(26(33)30-27(34)37-28)16-18-8-10-20(11-9-18)35-17-25-29-23-13-12-22(15-24(23)32(25)4)36-21-7-5-6-19(14-21)31(2)3/h5-15H,16-17H2,1-4H3,(H,30,33,34)/t28-/m0/s1. The Morgan fingerprint density at radius 1 is 1.00 bits per heavy atom. The Labute approximate surface area is 219 Å². The number of anilines is 1. The number of aromatic nitrogens is 2. The molecule has 0 unspecified atom stereocenters. The molecule has 1 aliphatic rings. The molecular formula is C28H28N4O4S. The zero-order valence-corrected chi connectivity index (χ0v) is 22.0. The lowest BCUT2D eigenvalue weighted by molar-refractivity contribution is -0.121. The number of carbonyl (C=O) groups is 2. The highest BCUT2D eigenvalue weighted by Crippen LogP contribution is 2.35. The predicted molar refractivity (Wildman–Crippen MR) is 146 cm³/mol. The van der Waals surface area contributed by atoms with Crippen molar-refractivity contribution in [3.63, 3.8) is 0 Å². The summed E-state index contributed by atoms with van der Waals surface area (Å²) in [5.41, 5.74) is 3.84. The molecular weight excluding hydrogens is 488 g/mol. The molecule has 0 spiro atoms. The average molecular weight is 517 g/mol. The van der Waals surface area contributed by atoms with E-state index in [1.165, 1.54) is 0 Å². The van der Waals surface area contributed by atoms with Crippen molar-refractivity contribution in [3.05, 3.63) is 78.1 Å².